The van der Waals surface area contributed by atoms with Crippen LogP contribution in [0.2, 0.25) is 5.02 Å². The van der Waals surface area contributed by atoms with Crippen molar-refractivity contribution in [2.75, 3.05) is 0 Å². The average molecular weight is 305 g/mol. The van der Waals surface area contributed by atoms with Gasteiger partial charge in [0.15, 0.2) is 6.10 Å². The summed E-state index contributed by atoms with van der Waals surface area (Å²) in [6.07, 6.45) is 3.39. The summed E-state index contributed by atoms with van der Waals surface area (Å²) in [4.78, 5) is 16.1. The standard InChI is InChI=1S/C16H17ClN2O2/c1-2-14(21-15-6-4-3-5-13(15)17)16(20)19-11-12-7-9-18-10-8-12/h3-10,14H,2,11H2,1H3,(H,19,20)/t14-/m0/s1. The minimum absolute atomic E-state index is 0.158. The first kappa shape index (κ1) is 15.3. The summed E-state index contributed by atoms with van der Waals surface area (Å²) in [5.41, 5.74) is 0.992. The Morgan fingerprint density at radius 3 is 2.67 bits per heavy atom. The van der Waals surface area contributed by atoms with Gasteiger partial charge in [-0.25, -0.2) is 0 Å². The molecule has 21 heavy (non-hydrogen) atoms. The van der Waals surface area contributed by atoms with E-state index in [9.17, 15) is 4.79 Å². The zero-order chi connectivity index (χ0) is 15.1. The Kier molecular flexibility index (Phi) is 5.58. The largest absolute Gasteiger partial charge is 0.479 e. The molecule has 0 radical (unpaired) electrons. The van der Waals surface area contributed by atoms with Crippen molar-refractivity contribution in [2.45, 2.75) is 26.0 Å². The number of carbonyl (C=O) groups is 1. The molecule has 1 amide bonds. The van der Waals surface area contributed by atoms with Crippen LogP contribution in [-0.2, 0) is 11.3 Å². The molecule has 1 aromatic carbocycles. The van der Waals surface area contributed by atoms with Crippen LogP contribution in [0.1, 0.15) is 18.9 Å². The summed E-state index contributed by atoms with van der Waals surface area (Å²) in [6.45, 7) is 2.34. The number of nitrogens with zero attached hydrogens (tertiary/aromatic N) is 1. The topological polar surface area (TPSA) is 51.2 Å². The SMILES string of the molecule is CC[C@H](Oc1ccccc1Cl)C(=O)NCc1ccncc1. The number of para-hydroxylation sites is 1. The lowest BCUT2D eigenvalue weighted by molar-refractivity contribution is -0.128. The van der Waals surface area contributed by atoms with Crippen molar-refractivity contribution >= 4 is 17.5 Å². The van der Waals surface area contributed by atoms with Crippen LogP contribution in [-0.4, -0.2) is 17.0 Å². The van der Waals surface area contributed by atoms with E-state index in [-0.39, 0.29) is 5.91 Å². The first-order chi connectivity index (χ1) is 10.2. The molecule has 0 aliphatic carbocycles. The van der Waals surface area contributed by atoms with Crippen molar-refractivity contribution in [3.63, 3.8) is 0 Å². The number of hydrogen-bond donors (Lipinski definition) is 1. The number of ether oxygens (including phenoxy) is 1. The van der Waals surface area contributed by atoms with E-state index in [1.165, 1.54) is 0 Å². The molecule has 5 heteroatoms. The van der Waals surface area contributed by atoms with E-state index in [1.807, 2.05) is 31.2 Å². The summed E-state index contributed by atoms with van der Waals surface area (Å²) >= 11 is 6.04. The number of carbonyl (C=O) groups excluding carboxylic acids is 1. The van der Waals surface area contributed by atoms with Crippen LogP contribution in [0.15, 0.2) is 48.8 Å². The van der Waals surface area contributed by atoms with Crippen LogP contribution >= 0.6 is 11.6 Å². The number of halogens is 1. The maximum absolute atomic E-state index is 12.2. The number of benzene rings is 1. The lowest BCUT2D eigenvalue weighted by Crippen LogP contribution is -2.37. The number of pyridine rings is 1. The normalized spacial score (nSPS) is 11.7. The summed E-state index contributed by atoms with van der Waals surface area (Å²) < 4.78 is 5.69. The van der Waals surface area contributed by atoms with Crippen molar-refractivity contribution < 1.29 is 9.53 Å². The fourth-order valence-electron chi connectivity index (χ4n) is 1.82. The summed E-state index contributed by atoms with van der Waals surface area (Å²) in [5.74, 6) is 0.360. The van der Waals surface area contributed by atoms with Crippen molar-refractivity contribution in [1.29, 1.82) is 0 Å². The van der Waals surface area contributed by atoms with Gasteiger partial charge in [-0.1, -0.05) is 30.7 Å². The Labute approximate surface area is 129 Å². The maximum atomic E-state index is 12.2. The smallest absolute Gasteiger partial charge is 0.261 e. The predicted octanol–water partition coefficient (Wildman–Crippen LogP) is 3.21. The molecule has 0 saturated carbocycles. The number of hydrogen-bond acceptors (Lipinski definition) is 3. The van der Waals surface area contributed by atoms with E-state index in [2.05, 4.69) is 10.3 Å². The average Bonchev–Trinajstić information content (AvgIpc) is 2.53. The van der Waals surface area contributed by atoms with Crippen LogP contribution in [0.4, 0.5) is 0 Å². The van der Waals surface area contributed by atoms with E-state index >= 15 is 0 Å². The van der Waals surface area contributed by atoms with Crippen molar-refractivity contribution in [2.24, 2.45) is 0 Å². The molecular formula is C16H17ClN2O2. The molecule has 1 atom stereocenters. The molecule has 0 unspecified atom stereocenters. The molecule has 2 rings (SSSR count). The van der Waals surface area contributed by atoms with E-state index in [0.29, 0.717) is 23.7 Å². The molecule has 1 aromatic heterocycles. The highest BCUT2D eigenvalue weighted by molar-refractivity contribution is 6.32. The fourth-order valence-corrected chi connectivity index (χ4v) is 2.00. The summed E-state index contributed by atoms with van der Waals surface area (Å²) in [6, 6.07) is 10.8. The van der Waals surface area contributed by atoms with Gasteiger partial charge >= 0.3 is 0 Å². The lowest BCUT2D eigenvalue weighted by atomic mass is 10.2. The Morgan fingerprint density at radius 1 is 1.29 bits per heavy atom. The second kappa shape index (κ2) is 7.64. The molecule has 0 saturated heterocycles. The van der Waals surface area contributed by atoms with Gasteiger partial charge in [-0.05, 0) is 36.2 Å². The Morgan fingerprint density at radius 2 is 2.00 bits per heavy atom. The predicted molar refractivity (Wildman–Crippen MR) is 82.2 cm³/mol. The third-order valence-corrected chi connectivity index (χ3v) is 3.30. The van der Waals surface area contributed by atoms with Crippen molar-refractivity contribution in [3.8, 4) is 5.75 Å². The lowest BCUT2D eigenvalue weighted by Gasteiger charge is -2.18. The third kappa shape index (κ3) is 4.46. The molecule has 110 valence electrons. The molecule has 2 aromatic rings. The molecular weight excluding hydrogens is 288 g/mol. The van der Waals surface area contributed by atoms with Crippen molar-refractivity contribution in [3.05, 3.63) is 59.4 Å². The van der Waals surface area contributed by atoms with E-state index < -0.39 is 6.10 Å². The fraction of sp³-hybridized carbons (Fsp3) is 0.250. The van der Waals surface area contributed by atoms with Gasteiger partial charge in [-0.15, -0.1) is 0 Å². The molecule has 1 N–H and O–H groups in total. The van der Waals surface area contributed by atoms with Gasteiger partial charge in [0.1, 0.15) is 5.75 Å². The second-order valence-electron chi connectivity index (χ2n) is 4.52. The van der Waals surface area contributed by atoms with Crippen LogP contribution in [0, 0.1) is 0 Å². The van der Waals surface area contributed by atoms with Gasteiger partial charge in [0, 0.05) is 18.9 Å². The number of nitrogens with one attached hydrogen (secondary N) is 1. The quantitative estimate of drug-likeness (QED) is 0.891. The Balaban J connectivity index is 1.94. The molecule has 0 aliphatic heterocycles. The zero-order valence-electron chi connectivity index (χ0n) is 11.8. The van der Waals surface area contributed by atoms with Gasteiger partial charge in [0.05, 0.1) is 5.02 Å². The summed E-state index contributed by atoms with van der Waals surface area (Å²) in [7, 11) is 0. The van der Waals surface area contributed by atoms with E-state index in [0.717, 1.165) is 5.56 Å². The van der Waals surface area contributed by atoms with Gasteiger partial charge < -0.3 is 10.1 Å². The third-order valence-electron chi connectivity index (χ3n) is 2.99. The molecule has 4 nitrogen and oxygen atoms in total. The molecule has 0 fully saturated rings. The monoisotopic (exact) mass is 304 g/mol. The highest BCUT2D eigenvalue weighted by Gasteiger charge is 2.18. The number of rotatable bonds is 6. The number of aromatic nitrogens is 1. The Bertz CT molecular complexity index is 590. The molecule has 0 bridgehead atoms. The molecule has 0 aliphatic rings. The van der Waals surface area contributed by atoms with Crippen LogP contribution in [0.5, 0.6) is 5.75 Å². The minimum atomic E-state index is -0.563. The zero-order valence-corrected chi connectivity index (χ0v) is 12.5. The van der Waals surface area contributed by atoms with Crippen LogP contribution in [0.25, 0.3) is 0 Å². The first-order valence-electron chi connectivity index (χ1n) is 6.78. The first-order valence-corrected chi connectivity index (χ1v) is 7.16. The van der Waals surface area contributed by atoms with Gasteiger partial charge in [-0.2, -0.15) is 0 Å². The minimum Gasteiger partial charge on any atom is -0.479 e. The molecule has 0 spiro atoms. The van der Waals surface area contributed by atoms with Gasteiger partial charge in [0.2, 0.25) is 0 Å². The van der Waals surface area contributed by atoms with Gasteiger partial charge in [0.25, 0.3) is 5.91 Å². The van der Waals surface area contributed by atoms with E-state index in [1.54, 1.807) is 24.5 Å². The second-order valence-corrected chi connectivity index (χ2v) is 4.93. The van der Waals surface area contributed by atoms with Crippen LogP contribution in [0.3, 0.4) is 0 Å². The summed E-state index contributed by atoms with van der Waals surface area (Å²) in [5, 5.41) is 3.35. The Hall–Kier alpha value is -2.07. The number of amides is 1. The van der Waals surface area contributed by atoms with E-state index in [4.69, 9.17) is 16.3 Å². The van der Waals surface area contributed by atoms with Crippen LogP contribution < -0.4 is 10.1 Å². The van der Waals surface area contributed by atoms with Crippen molar-refractivity contribution in [1.82, 2.24) is 10.3 Å². The van der Waals surface area contributed by atoms with Gasteiger partial charge in [-0.3, -0.25) is 9.78 Å². The highest BCUT2D eigenvalue weighted by Crippen LogP contribution is 2.24. The highest BCUT2D eigenvalue weighted by atomic mass is 35.5. The maximum Gasteiger partial charge on any atom is 0.261 e. The molecule has 1 heterocycles.